The number of rotatable bonds is 4. The summed E-state index contributed by atoms with van der Waals surface area (Å²) in [7, 11) is 0. The molecule has 0 unspecified atom stereocenters. The van der Waals surface area contributed by atoms with Crippen molar-refractivity contribution in [2.45, 2.75) is 37.8 Å². The monoisotopic (exact) mass is 353 g/mol. The van der Waals surface area contributed by atoms with E-state index in [1.165, 1.54) is 10.9 Å². The van der Waals surface area contributed by atoms with Crippen LogP contribution in [0.1, 0.15) is 37.1 Å². The van der Waals surface area contributed by atoms with Crippen molar-refractivity contribution in [3.8, 4) is 17.6 Å². The van der Waals surface area contributed by atoms with E-state index >= 15 is 0 Å². The Morgan fingerprint density at radius 2 is 2.04 bits per heavy atom. The predicted octanol–water partition coefficient (Wildman–Crippen LogP) is 1.51. The molecular formula is C18H19N5O3. The number of carbonyl (C=O) groups is 1. The molecule has 1 aliphatic heterocycles. The number of amides is 1. The molecule has 8 heteroatoms. The van der Waals surface area contributed by atoms with Gasteiger partial charge in [0.25, 0.3) is 0 Å². The molecule has 0 saturated heterocycles. The van der Waals surface area contributed by atoms with Crippen LogP contribution in [0.25, 0.3) is 0 Å². The molecule has 0 bridgehead atoms. The Kier molecular flexibility index (Phi) is 4.21. The first-order valence-electron chi connectivity index (χ1n) is 8.69. The summed E-state index contributed by atoms with van der Waals surface area (Å²) in [5.74, 6) is 1.42. The van der Waals surface area contributed by atoms with E-state index in [0.717, 1.165) is 42.7 Å². The Labute approximate surface area is 150 Å². The predicted molar refractivity (Wildman–Crippen MR) is 90.5 cm³/mol. The minimum absolute atomic E-state index is 0.0161. The first-order valence-corrected chi connectivity index (χ1v) is 8.69. The fourth-order valence-corrected chi connectivity index (χ4v) is 3.72. The number of hydrogen-bond acceptors (Lipinski definition) is 6. The van der Waals surface area contributed by atoms with Crippen LogP contribution in [0.5, 0.6) is 11.5 Å². The molecule has 134 valence electrons. The van der Waals surface area contributed by atoms with Crippen molar-refractivity contribution in [1.82, 2.24) is 20.1 Å². The van der Waals surface area contributed by atoms with Gasteiger partial charge in [0.1, 0.15) is 32.2 Å². The van der Waals surface area contributed by atoms with Gasteiger partial charge in [-0.15, -0.1) is 10.2 Å². The molecule has 1 amide bonds. The Hall–Kier alpha value is -3.08. The van der Waals surface area contributed by atoms with E-state index in [9.17, 15) is 4.79 Å². The second-order valence-corrected chi connectivity index (χ2v) is 6.59. The zero-order valence-electron chi connectivity index (χ0n) is 14.3. The highest BCUT2D eigenvalue weighted by molar-refractivity contribution is 5.77. The fourth-order valence-electron chi connectivity index (χ4n) is 3.72. The van der Waals surface area contributed by atoms with Crippen molar-refractivity contribution >= 4 is 5.91 Å². The van der Waals surface area contributed by atoms with Crippen molar-refractivity contribution in [3.63, 3.8) is 0 Å². The molecule has 1 aromatic carbocycles. The molecule has 8 nitrogen and oxygen atoms in total. The molecule has 2 heterocycles. The van der Waals surface area contributed by atoms with Crippen LogP contribution in [0, 0.1) is 11.3 Å². The molecule has 1 N–H and O–H groups in total. The molecule has 0 atom stereocenters. The minimum Gasteiger partial charge on any atom is -0.486 e. The van der Waals surface area contributed by atoms with E-state index in [-0.39, 0.29) is 18.3 Å². The van der Waals surface area contributed by atoms with Gasteiger partial charge in [-0.05, 0) is 30.5 Å². The van der Waals surface area contributed by atoms with Crippen molar-refractivity contribution in [2.24, 2.45) is 0 Å². The van der Waals surface area contributed by atoms with Gasteiger partial charge >= 0.3 is 0 Å². The van der Waals surface area contributed by atoms with Crippen molar-refractivity contribution in [2.75, 3.05) is 13.2 Å². The van der Waals surface area contributed by atoms with Gasteiger partial charge in [0.05, 0.1) is 5.54 Å². The normalized spacial score (nSPS) is 17.5. The zero-order valence-corrected chi connectivity index (χ0v) is 14.3. The summed E-state index contributed by atoms with van der Waals surface area (Å²) >= 11 is 0. The number of fused-ring (bicyclic) bond motifs is 1. The van der Waals surface area contributed by atoms with Crippen LogP contribution in [0.4, 0.5) is 0 Å². The first kappa shape index (κ1) is 16.4. The smallest absolute Gasteiger partial charge is 0.240 e. The maximum Gasteiger partial charge on any atom is 0.240 e. The van der Waals surface area contributed by atoms with E-state index in [1.54, 1.807) is 0 Å². The Morgan fingerprint density at radius 3 is 2.81 bits per heavy atom. The van der Waals surface area contributed by atoms with E-state index in [2.05, 4.69) is 15.5 Å². The number of hydrogen-bond donors (Lipinski definition) is 1. The lowest BCUT2D eigenvalue weighted by molar-refractivity contribution is -0.123. The van der Waals surface area contributed by atoms with E-state index in [1.807, 2.05) is 24.3 Å². The largest absolute Gasteiger partial charge is 0.486 e. The third-order valence-corrected chi connectivity index (χ3v) is 4.96. The molecule has 4 rings (SSSR count). The molecule has 1 saturated carbocycles. The molecule has 1 aliphatic carbocycles. The number of nitrogens with one attached hydrogen (secondary N) is 1. The van der Waals surface area contributed by atoms with Crippen molar-refractivity contribution in [3.05, 3.63) is 35.9 Å². The number of aromatic nitrogens is 3. The number of nitrogens with zero attached hydrogens (tertiary/aromatic N) is 4. The second-order valence-electron chi connectivity index (χ2n) is 6.59. The van der Waals surface area contributed by atoms with Gasteiger partial charge < -0.3 is 14.8 Å². The van der Waals surface area contributed by atoms with Gasteiger partial charge in [-0.25, -0.2) is 0 Å². The van der Waals surface area contributed by atoms with Crippen molar-refractivity contribution in [1.29, 1.82) is 5.26 Å². The molecule has 1 aromatic heterocycles. The van der Waals surface area contributed by atoms with Crippen LogP contribution < -0.4 is 14.8 Å². The lowest BCUT2D eigenvalue weighted by atomic mass is 9.87. The highest BCUT2D eigenvalue weighted by Gasteiger charge is 2.38. The highest BCUT2D eigenvalue weighted by atomic mass is 16.6. The first-order chi connectivity index (χ1) is 12.7. The molecule has 2 aromatic rings. The van der Waals surface area contributed by atoms with Crippen LogP contribution in [-0.4, -0.2) is 33.9 Å². The molecule has 0 radical (unpaired) electrons. The second kappa shape index (κ2) is 6.67. The molecule has 1 fully saturated rings. The number of nitriles is 1. The Morgan fingerprint density at radius 1 is 1.27 bits per heavy atom. The summed E-state index contributed by atoms with van der Waals surface area (Å²) in [6.45, 7) is 1.09. The van der Waals surface area contributed by atoms with Gasteiger partial charge in [-0.3, -0.25) is 9.36 Å². The van der Waals surface area contributed by atoms with Gasteiger partial charge in [-0.2, -0.15) is 5.26 Å². The maximum atomic E-state index is 12.6. The topological polar surface area (TPSA) is 102 Å². The summed E-state index contributed by atoms with van der Waals surface area (Å²) in [6.07, 6.45) is 5.22. The molecule has 0 spiro atoms. The molecule has 2 aliphatic rings. The van der Waals surface area contributed by atoms with Crippen molar-refractivity contribution < 1.29 is 14.3 Å². The zero-order chi connectivity index (χ0) is 18.0. The number of benzene rings is 1. The lowest BCUT2D eigenvalue weighted by Crippen LogP contribution is -2.45. The SMILES string of the molecule is N#Cc1nncn1CC(=O)NC1(c2ccc3c(c2)OCCO3)CCCC1. The molecule has 26 heavy (non-hydrogen) atoms. The summed E-state index contributed by atoms with van der Waals surface area (Å²) in [5.41, 5.74) is 0.602. The number of carbonyl (C=O) groups excluding carboxylic acids is 1. The molecular weight excluding hydrogens is 334 g/mol. The van der Waals surface area contributed by atoms with E-state index < -0.39 is 5.54 Å². The van der Waals surface area contributed by atoms with Crippen LogP contribution in [0.15, 0.2) is 24.5 Å². The van der Waals surface area contributed by atoms with E-state index in [4.69, 9.17) is 14.7 Å². The van der Waals surface area contributed by atoms with Crippen LogP contribution in [0.3, 0.4) is 0 Å². The maximum absolute atomic E-state index is 12.6. The van der Waals surface area contributed by atoms with E-state index in [0.29, 0.717) is 13.2 Å². The quantitative estimate of drug-likeness (QED) is 0.894. The average molecular weight is 353 g/mol. The standard InChI is InChI=1S/C18H19N5O3/c19-10-16-22-20-12-23(16)11-17(24)21-18(5-1-2-6-18)13-3-4-14-15(9-13)26-8-7-25-14/h3-4,9,12H,1-2,5-8,11H2,(H,21,24). The highest BCUT2D eigenvalue weighted by Crippen LogP contribution is 2.42. The average Bonchev–Trinajstić information content (AvgIpc) is 3.31. The minimum atomic E-state index is -0.423. The third-order valence-electron chi connectivity index (χ3n) is 4.96. The van der Waals surface area contributed by atoms with Crippen LogP contribution in [-0.2, 0) is 16.9 Å². The number of ether oxygens (including phenoxy) is 2. The Balaban J connectivity index is 1.57. The van der Waals surface area contributed by atoms with Gasteiger partial charge in [0.15, 0.2) is 11.5 Å². The van der Waals surface area contributed by atoms with Gasteiger partial charge in [0, 0.05) is 0 Å². The van der Waals surface area contributed by atoms with Gasteiger partial charge in [0.2, 0.25) is 11.7 Å². The van der Waals surface area contributed by atoms with Crippen LogP contribution >= 0.6 is 0 Å². The third kappa shape index (κ3) is 2.96. The summed E-state index contributed by atoms with van der Waals surface area (Å²) in [6, 6.07) is 7.81. The Bertz CT molecular complexity index is 864. The fraction of sp³-hybridized carbons (Fsp3) is 0.444. The lowest BCUT2D eigenvalue weighted by Gasteiger charge is -2.32. The summed E-state index contributed by atoms with van der Waals surface area (Å²) in [5, 5.41) is 19.6. The summed E-state index contributed by atoms with van der Waals surface area (Å²) < 4.78 is 12.7. The summed E-state index contributed by atoms with van der Waals surface area (Å²) in [4.78, 5) is 12.6. The van der Waals surface area contributed by atoms with Gasteiger partial charge in [-0.1, -0.05) is 18.9 Å². The van der Waals surface area contributed by atoms with Crippen LogP contribution in [0.2, 0.25) is 0 Å².